The topological polar surface area (TPSA) is 133 Å². The number of hydrogen-bond donors (Lipinski definition) is 2. The van der Waals surface area contributed by atoms with Crippen LogP contribution in [0.3, 0.4) is 0 Å². The number of nitrogens with zero attached hydrogens (tertiary/aromatic N) is 7. The van der Waals surface area contributed by atoms with Gasteiger partial charge in [-0.1, -0.05) is 4.85 Å². The van der Waals surface area contributed by atoms with Crippen LogP contribution in [0.25, 0.3) is 11.2 Å². The van der Waals surface area contributed by atoms with E-state index in [1.807, 2.05) is 0 Å². The average molecular weight is 319 g/mol. The highest BCUT2D eigenvalue weighted by Crippen LogP contribution is 2.31. The lowest BCUT2D eigenvalue weighted by atomic mass is 10.2. The molecule has 1 aliphatic rings. The van der Waals surface area contributed by atoms with Crippen LogP contribution >= 0.6 is 0 Å². The minimum atomic E-state index is -0.741. The molecule has 11 nitrogen and oxygen atoms in total. The molecule has 23 heavy (non-hydrogen) atoms. The third kappa shape index (κ3) is 2.40. The van der Waals surface area contributed by atoms with Crippen LogP contribution in [0.2, 0.25) is 0 Å². The van der Waals surface area contributed by atoms with E-state index in [0.29, 0.717) is 17.6 Å². The molecule has 120 valence electrons. The summed E-state index contributed by atoms with van der Waals surface area (Å²) in [6.07, 6.45) is 4.36. The molecule has 11 heteroatoms. The van der Waals surface area contributed by atoms with Gasteiger partial charge in [0.15, 0.2) is 11.2 Å². The number of aromatic nitrogens is 7. The van der Waals surface area contributed by atoms with E-state index in [1.54, 1.807) is 4.57 Å². The third-order valence-electron chi connectivity index (χ3n) is 3.60. The van der Waals surface area contributed by atoms with Gasteiger partial charge in [0.05, 0.1) is 31.4 Å². The van der Waals surface area contributed by atoms with Crippen molar-refractivity contribution in [3.63, 3.8) is 0 Å². The van der Waals surface area contributed by atoms with E-state index in [2.05, 4.69) is 25.3 Å². The fraction of sp³-hybridized carbons (Fsp3) is 0.417. The summed E-state index contributed by atoms with van der Waals surface area (Å²) in [4.78, 5) is 19.1. The predicted octanol–water partition coefficient (Wildman–Crippen LogP) is -1.10. The normalized spacial score (nSPS) is 24.3. The zero-order chi connectivity index (χ0) is 15.8. The van der Waals surface area contributed by atoms with Crippen LogP contribution in [0.15, 0.2) is 25.0 Å². The van der Waals surface area contributed by atoms with Crippen molar-refractivity contribution in [2.45, 2.75) is 24.9 Å². The van der Waals surface area contributed by atoms with E-state index in [4.69, 9.17) is 9.57 Å². The maximum atomic E-state index is 9.86. The average Bonchev–Trinajstić information content (AvgIpc) is 3.26. The first-order valence-electron chi connectivity index (χ1n) is 6.93. The molecule has 0 spiro atoms. The molecule has 3 aromatic rings. The number of aliphatic hydroxyl groups excluding tert-OH is 2. The molecule has 1 aliphatic heterocycles. The van der Waals surface area contributed by atoms with Crippen molar-refractivity contribution in [3.05, 3.63) is 25.0 Å². The van der Waals surface area contributed by atoms with Crippen LogP contribution in [0.5, 0.6) is 5.88 Å². The molecule has 1 fully saturated rings. The summed E-state index contributed by atoms with van der Waals surface area (Å²) in [5, 5.41) is 26.4. The smallest absolute Gasteiger partial charge is 0.279 e. The van der Waals surface area contributed by atoms with E-state index in [1.165, 1.54) is 25.0 Å². The van der Waals surface area contributed by atoms with Gasteiger partial charge in [0, 0.05) is 6.42 Å². The van der Waals surface area contributed by atoms with Crippen molar-refractivity contribution in [2.75, 3.05) is 6.61 Å². The Labute approximate surface area is 129 Å². The summed E-state index contributed by atoms with van der Waals surface area (Å²) in [5.41, 5.74) is 0.916. The Balaban J connectivity index is 1.68. The van der Waals surface area contributed by atoms with E-state index >= 15 is 0 Å². The molecular weight excluding hydrogens is 306 g/mol. The van der Waals surface area contributed by atoms with Gasteiger partial charge in [-0.2, -0.15) is 4.98 Å². The van der Waals surface area contributed by atoms with E-state index < -0.39 is 18.4 Å². The highest BCUT2D eigenvalue weighted by atomic mass is 16.7. The summed E-state index contributed by atoms with van der Waals surface area (Å²) in [6.45, 7) is -0.250. The van der Waals surface area contributed by atoms with Crippen molar-refractivity contribution in [1.29, 1.82) is 0 Å². The SMILES string of the molecule is OC[C@H]1O[C@@H](n2cnc3c(On4ccnn4)ncnc32)CC1O. The van der Waals surface area contributed by atoms with Crippen LogP contribution in [-0.2, 0) is 4.74 Å². The van der Waals surface area contributed by atoms with Crippen molar-refractivity contribution < 1.29 is 19.8 Å². The van der Waals surface area contributed by atoms with Gasteiger partial charge in [-0.15, -0.1) is 5.10 Å². The lowest BCUT2D eigenvalue weighted by Gasteiger charge is -2.13. The van der Waals surface area contributed by atoms with E-state index in [0.717, 1.165) is 4.85 Å². The van der Waals surface area contributed by atoms with Crippen molar-refractivity contribution in [2.24, 2.45) is 0 Å². The van der Waals surface area contributed by atoms with E-state index in [-0.39, 0.29) is 12.5 Å². The fourth-order valence-corrected chi connectivity index (χ4v) is 2.49. The standard InChI is InChI=1S/C12H13N7O4/c20-4-8-7(21)3-9(22-8)18-6-15-10-11(18)13-5-14-12(10)23-19-2-1-16-17-19/h1-2,5-9,20-21H,3-4H2/t7?,8-,9-/m1/s1. The second-order valence-corrected chi connectivity index (χ2v) is 5.01. The maximum Gasteiger partial charge on any atom is 0.279 e. The predicted molar refractivity (Wildman–Crippen MR) is 73.0 cm³/mol. The van der Waals surface area contributed by atoms with E-state index in [9.17, 15) is 10.2 Å². The van der Waals surface area contributed by atoms with Gasteiger partial charge in [-0.3, -0.25) is 4.57 Å². The number of aliphatic hydroxyl groups is 2. The molecule has 1 unspecified atom stereocenters. The lowest BCUT2D eigenvalue weighted by Crippen LogP contribution is -2.24. The van der Waals surface area contributed by atoms with Gasteiger partial charge in [0.1, 0.15) is 18.7 Å². The molecule has 1 saturated heterocycles. The molecule has 3 atom stereocenters. The third-order valence-corrected chi connectivity index (χ3v) is 3.60. The molecule has 4 rings (SSSR count). The zero-order valence-corrected chi connectivity index (χ0v) is 11.8. The summed E-state index contributed by atoms with van der Waals surface area (Å²) < 4.78 is 7.29. The summed E-state index contributed by atoms with van der Waals surface area (Å²) in [5.74, 6) is 0.219. The summed E-state index contributed by atoms with van der Waals surface area (Å²) in [7, 11) is 0. The molecule has 0 saturated carbocycles. The zero-order valence-electron chi connectivity index (χ0n) is 11.8. The second-order valence-electron chi connectivity index (χ2n) is 5.01. The van der Waals surface area contributed by atoms with Gasteiger partial charge in [0.25, 0.3) is 5.88 Å². The molecule has 0 bridgehead atoms. The Kier molecular flexibility index (Phi) is 3.37. The monoisotopic (exact) mass is 319 g/mol. The van der Waals surface area contributed by atoms with Gasteiger partial charge in [0.2, 0.25) is 0 Å². The Morgan fingerprint density at radius 1 is 1.35 bits per heavy atom. The van der Waals surface area contributed by atoms with Crippen LogP contribution in [0, 0.1) is 0 Å². The van der Waals surface area contributed by atoms with Crippen molar-refractivity contribution >= 4 is 11.2 Å². The van der Waals surface area contributed by atoms with Gasteiger partial charge in [-0.25, -0.2) is 9.97 Å². The molecule has 0 amide bonds. The summed E-state index contributed by atoms with van der Waals surface area (Å²) in [6, 6.07) is 0. The highest BCUT2D eigenvalue weighted by molar-refractivity contribution is 5.75. The number of imidazole rings is 1. The first-order chi connectivity index (χ1) is 11.3. The second kappa shape index (κ2) is 5.53. The first-order valence-corrected chi connectivity index (χ1v) is 6.93. The summed E-state index contributed by atoms with van der Waals surface area (Å²) >= 11 is 0. The van der Waals surface area contributed by atoms with Crippen LogP contribution in [-0.4, -0.2) is 63.7 Å². The van der Waals surface area contributed by atoms with Crippen LogP contribution in [0.4, 0.5) is 0 Å². The molecular formula is C12H13N7O4. The maximum absolute atomic E-state index is 9.86. The van der Waals surface area contributed by atoms with Gasteiger partial charge in [-0.05, 0) is 5.21 Å². The largest absolute Gasteiger partial charge is 0.394 e. The number of hydrogen-bond acceptors (Lipinski definition) is 9. The Hall–Kier alpha value is -2.63. The lowest BCUT2D eigenvalue weighted by molar-refractivity contribution is -0.0432. The molecule has 0 aliphatic carbocycles. The number of ether oxygens (including phenoxy) is 1. The molecule has 2 N–H and O–H groups in total. The molecule has 0 radical (unpaired) electrons. The molecule has 0 aromatic carbocycles. The van der Waals surface area contributed by atoms with Gasteiger partial charge < -0.3 is 19.8 Å². The van der Waals surface area contributed by atoms with Crippen LogP contribution in [0.1, 0.15) is 12.6 Å². The fourth-order valence-electron chi connectivity index (χ4n) is 2.49. The minimum Gasteiger partial charge on any atom is -0.394 e. The van der Waals surface area contributed by atoms with Crippen molar-refractivity contribution in [1.82, 2.24) is 34.7 Å². The molecule has 4 heterocycles. The Bertz CT molecular complexity index is 805. The Morgan fingerprint density at radius 2 is 2.26 bits per heavy atom. The molecule has 3 aromatic heterocycles. The quantitative estimate of drug-likeness (QED) is 0.614. The minimum absolute atomic E-state index is 0.219. The number of rotatable bonds is 4. The van der Waals surface area contributed by atoms with Gasteiger partial charge >= 0.3 is 0 Å². The van der Waals surface area contributed by atoms with Crippen molar-refractivity contribution in [3.8, 4) is 5.88 Å². The Morgan fingerprint density at radius 3 is 3.00 bits per heavy atom. The first kappa shape index (κ1) is 14.0. The highest BCUT2D eigenvalue weighted by Gasteiger charge is 2.35. The number of fused-ring (bicyclic) bond motifs is 1. The van der Waals surface area contributed by atoms with Crippen LogP contribution < -0.4 is 4.84 Å².